The lowest BCUT2D eigenvalue weighted by molar-refractivity contribution is -0.0347. The van der Waals surface area contributed by atoms with Gasteiger partial charge in [0.2, 0.25) is 0 Å². The molecular formula is C21H23N3OS. The van der Waals surface area contributed by atoms with Crippen LogP contribution in [0.3, 0.4) is 0 Å². The van der Waals surface area contributed by atoms with E-state index < -0.39 is 0 Å². The van der Waals surface area contributed by atoms with Crippen LogP contribution in [0.15, 0.2) is 54.9 Å². The number of aryl methyl sites for hydroxylation is 1. The molecule has 4 rings (SSSR count). The third-order valence-corrected chi connectivity index (χ3v) is 5.53. The van der Waals surface area contributed by atoms with Gasteiger partial charge in [-0.3, -0.25) is 9.88 Å². The molecule has 1 fully saturated rings. The highest BCUT2D eigenvalue weighted by atomic mass is 32.1. The first kappa shape index (κ1) is 17.3. The Balaban J connectivity index is 1.38. The summed E-state index contributed by atoms with van der Waals surface area (Å²) in [6.07, 6.45) is 4.93. The minimum Gasteiger partial charge on any atom is -0.369 e. The fourth-order valence-corrected chi connectivity index (χ4v) is 4.12. The van der Waals surface area contributed by atoms with Crippen LogP contribution >= 0.6 is 11.3 Å². The molecule has 0 N–H and O–H groups in total. The van der Waals surface area contributed by atoms with Crippen LogP contribution in [0.25, 0.3) is 0 Å². The molecule has 3 aromatic rings. The standard InChI is InChI=1S/C21H23N3OS/c1-16-22-13-19(26-16)14-24-9-10-25-21(15-24)20-8-7-18(12-23-20)11-17-5-3-2-4-6-17/h2-8,12-13,21H,9-11,14-15H2,1H3/t21-/m1/s1. The van der Waals surface area contributed by atoms with Gasteiger partial charge in [-0.2, -0.15) is 0 Å². The Morgan fingerprint density at radius 1 is 1.08 bits per heavy atom. The zero-order chi connectivity index (χ0) is 17.8. The van der Waals surface area contributed by atoms with Crippen molar-refractivity contribution in [3.05, 3.63) is 81.6 Å². The van der Waals surface area contributed by atoms with Crippen LogP contribution < -0.4 is 0 Å². The Kier molecular flexibility index (Phi) is 5.39. The summed E-state index contributed by atoms with van der Waals surface area (Å²) in [5.41, 5.74) is 3.56. The monoisotopic (exact) mass is 365 g/mol. The molecule has 2 aromatic heterocycles. The van der Waals surface area contributed by atoms with Gasteiger partial charge in [-0.1, -0.05) is 36.4 Å². The maximum atomic E-state index is 5.98. The van der Waals surface area contributed by atoms with E-state index in [1.54, 1.807) is 11.3 Å². The van der Waals surface area contributed by atoms with E-state index in [0.717, 1.165) is 43.4 Å². The molecule has 1 atom stereocenters. The summed E-state index contributed by atoms with van der Waals surface area (Å²) in [7, 11) is 0. The van der Waals surface area contributed by atoms with Crippen molar-refractivity contribution < 1.29 is 4.74 Å². The Morgan fingerprint density at radius 2 is 1.96 bits per heavy atom. The van der Waals surface area contributed by atoms with Crippen molar-refractivity contribution in [3.8, 4) is 0 Å². The largest absolute Gasteiger partial charge is 0.369 e. The minimum absolute atomic E-state index is 0.0449. The van der Waals surface area contributed by atoms with E-state index in [2.05, 4.69) is 58.2 Å². The quantitative estimate of drug-likeness (QED) is 0.685. The lowest BCUT2D eigenvalue weighted by Crippen LogP contribution is -2.37. The van der Waals surface area contributed by atoms with E-state index in [-0.39, 0.29) is 6.10 Å². The Hall–Kier alpha value is -2.08. The molecule has 1 aromatic carbocycles. The van der Waals surface area contributed by atoms with E-state index >= 15 is 0 Å². The van der Waals surface area contributed by atoms with Gasteiger partial charge >= 0.3 is 0 Å². The van der Waals surface area contributed by atoms with Gasteiger partial charge in [0.05, 0.1) is 17.3 Å². The molecule has 134 valence electrons. The van der Waals surface area contributed by atoms with Crippen LogP contribution in [0.4, 0.5) is 0 Å². The van der Waals surface area contributed by atoms with Crippen molar-refractivity contribution in [3.63, 3.8) is 0 Å². The minimum atomic E-state index is 0.0449. The van der Waals surface area contributed by atoms with E-state index in [1.807, 2.05) is 18.5 Å². The van der Waals surface area contributed by atoms with E-state index in [1.165, 1.54) is 16.0 Å². The molecular weight excluding hydrogens is 342 g/mol. The van der Waals surface area contributed by atoms with E-state index in [0.29, 0.717) is 0 Å². The molecule has 5 heteroatoms. The van der Waals surface area contributed by atoms with Gasteiger partial charge in [0.25, 0.3) is 0 Å². The molecule has 0 saturated carbocycles. The first-order valence-electron chi connectivity index (χ1n) is 9.00. The van der Waals surface area contributed by atoms with Crippen molar-refractivity contribution >= 4 is 11.3 Å². The summed E-state index contributed by atoms with van der Waals surface area (Å²) < 4.78 is 5.98. The van der Waals surface area contributed by atoms with Gasteiger partial charge in [0.1, 0.15) is 6.10 Å². The molecule has 1 aliphatic heterocycles. The molecule has 1 saturated heterocycles. The third-order valence-electron chi connectivity index (χ3n) is 4.63. The zero-order valence-electron chi connectivity index (χ0n) is 15.0. The summed E-state index contributed by atoms with van der Waals surface area (Å²) in [5, 5.41) is 1.13. The molecule has 3 heterocycles. The number of morpholine rings is 1. The van der Waals surface area contributed by atoms with Crippen LogP contribution in [0.1, 0.15) is 32.8 Å². The second-order valence-electron chi connectivity index (χ2n) is 6.69. The molecule has 0 spiro atoms. The van der Waals surface area contributed by atoms with Crippen LogP contribution in [-0.2, 0) is 17.7 Å². The maximum Gasteiger partial charge on any atom is 0.112 e. The number of hydrogen-bond acceptors (Lipinski definition) is 5. The predicted octanol–water partition coefficient (Wildman–Crippen LogP) is 4.01. The molecule has 0 aliphatic carbocycles. The van der Waals surface area contributed by atoms with Crippen LogP contribution in [0, 0.1) is 6.92 Å². The van der Waals surface area contributed by atoms with Gasteiger partial charge in [0, 0.05) is 36.9 Å². The summed E-state index contributed by atoms with van der Waals surface area (Å²) in [6.45, 7) is 5.58. The molecule has 26 heavy (non-hydrogen) atoms. The van der Waals surface area contributed by atoms with E-state index in [9.17, 15) is 0 Å². The van der Waals surface area contributed by atoms with Gasteiger partial charge < -0.3 is 4.74 Å². The van der Waals surface area contributed by atoms with Crippen molar-refractivity contribution in [2.75, 3.05) is 19.7 Å². The molecule has 1 aliphatic rings. The highest BCUT2D eigenvalue weighted by Gasteiger charge is 2.23. The highest BCUT2D eigenvalue weighted by Crippen LogP contribution is 2.23. The van der Waals surface area contributed by atoms with Crippen molar-refractivity contribution in [2.45, 2.75) is 26.0 Å². The second-order valence-corrected chi connectivity index (χ2v) is 8.01. The number of pyridine rings is 1. The first-order chi connectivity index (χ1) is 12.8. The molecule has 0 amide bonds. The van der Waals surface area contributed by atoms with Crippen molar-refractivity contribution in [1.29, 1.82) is 0 Å². The number of ether oxygens (including phenoxy) is 1. The fourth-order valence-electron chi connectivity index (χ4n) is 3.29. The molecule has 0 radical (unpaired) electrons. The highest BCUT2D eigenvalue weighted by molar-refractivity contribution is 7.11. The second kappa shape index (κ2) is 8.08. The third kappa shape index (κ3) is 4.36. The summed E-state index contributed by atoms with van der Waals surface area (Å²) in [5.74, 6) is 0. The van der Waals surface area contributed by atoms with Gasteiger partial charge in [-0.15, -0.1) is 11.3 Å². The van der Waals surface area contributed by atoms with Crippen molar-refractivity contribution in [1.82, 2.24) is 14.9 Å². The van der Waals surface area contributed by atoms with Crippen LogP contribution in [0.2, 0.25) is 0 Å². The van der Waals surface area contributed by atoms with E-state index in [4.69, 9.17) is 4.74 Å². The lowest BCUT2D eigenvalue weighted by atomic mass is 10.1. The SMILES string of the molecule is Cc1ncc(CN2CCO[C@@H](c3ccc(Cc4ccccc4)cn3)C2)s1. The van der Waals surface area contributed by atoms with Gasteiger partial charge in [-0.25, -0.2) is 4.98 Å². The molecule has 0 unspecified atom stereocenters. The topological polar surface area (TPSA) is 38.2 Å². The number of thiazole rings is 1. The Labute approximate surface area is 158 Å². The van der Waals surface area contributed by atoms with Crippen LogP contribution in [-0.4, -0.2) is 34.6 Å². The van der Waals surface area contributed by atoms with Crippen molar-refractivity contribution in [2.24, 2.45) is 0 Å². The predicted molar refractivity (Wildman–Crippen MR) is 104 cm³/mol. The van der Waals surface area contributed by atoms with Gasteiger partial charge in [0.15, 0.2) is 0 Å². The summed E-state index contributed by atoms with van der Waals surface area (Å²) in [6, 6.07) is 14.8. The number of nitrogens with zero attached hydrogens (tertiary/aromatic N) is 3. The number of rotatable bonds is 5. The maximum absolute atomic E-state index is 5.98. The molecule has 4 nitrogen and oxygen atoms in total. The summed E-state index contributed by atoms with van der Waals surface area (Å²) in [4.78, 5) is 12.8. The smallest absolute Gasteiger partial charge is 0.112 e. The average Bonchev–Trinajstić information content (AvgIpc) is 3.08. The number of aromatic nitrogens is 2. The lowest BCUT2D eigenvalue weighted by Gasteiger charge is -2.32. The summed E-state index contributed by atoms with van der Waals surface area (Å²) >= 11 is 1.77. The normalized spacial score (nSPS) is 18.1. The first-order valence-corrected chi connectivity index (χ1v) is 9.82. The van der Waals surface area contributed by atoms with Crippen LogP contribution in [0.5, 0.6) is 0 Å². The Bertz CT molecular complexity index is 832. The fraction of sp³-hybridized carbons (Fsp3) is 0.333. The molecule has 0 bridgehead atoms. The number of hydrogen-bond donors (Lipinski definition) is 0. The number of benzene rings is 1. The zero-order valence-corrected chi connectivity index (χ0v) is 15.8. The average molecular weight is 366 g/mol. The Morgan fingerprint density at radius 3 is 2.69 bits per heavy atom. The van der Waals surface area contributed by atoms with Gasteiger partial charge in [-0.05, 0) is 30.5 Å².